The summed E-state index contributed by atoms with van der Waals surface area (Å²) in [5.41, 5.74) is 0. The number of phosphoric acid groups is 1. The second-order valence-electron chi connectivity index (χ2n) is 17.0. The minimum Gasteiger partial charge on any atom is -0.462 e. The van der Waals surface area contributed by atoms with E-state index in [1.165, 1.54) is 31.8 Å². The number of carbonyl (C=O) groups is 3. The van der Waals surface area contributed by atoms with Crippen LogP contribution in [-0.4, -0.2) is 127 Å². The molecule has 2 fully saturated rings. The standard InChI is InChI=1S/C45H79O16P/c1-3-5-7-8-9-10-11-12-13-14-15-16-22-26-39(50)60-33-30-58-38(49)25-21-18-17-20-24-34-36(47)29-37(48)35(28-27-32(46)23-19-6-4-2)41(52)43(54)45(44(55)42(53)40(34)51)61-62(56,57)59-31-33/h10-11,27-28,32-36,40-47,51-55H,3-9,12-26,29-31H2,1-2H3,(H,56,57)/b11-10-,28-27?/t32-,33+,34-,35-,36-,40+,41+,42-,43+,44+,45+/m0/s1. The van der Waals surface area contributed by atoms with Crippen LogP contribution in [0.5, 0.6) is 0 Å². The Morgan fingerprint density at radius 1 is 0.774 bits per heavy atom. The Balaban J connectivity index is 2.25. The van der Waals surface area contributed by atoms with Crippen molar-refractivity contribution in [2.75, 3.05) is 13.2 Å². The molecular formula is C45H79O16P. The first-order valence-electron chi connectivity index (χ1n) is 23.2. The number of hydrogen-bond donors (Lipinski definition) is 8. The monoisotopic (exact) mass is 907 g/mol. The van der Waals surface area contributed by atoms with Crippen molar-refractivity contribution >= 4 is 25.5 Å². The number of rotatable bonds is 20. The molecule has 2 bridgehead atoms. The van der Waals surface area contributed by atoms with Gasteiger partial charge in [-0.2, -0.15) is 0 Å². The molecule has 12 atom stereocenters. The number of carbonyl (C=O) groups excluding carboxylic acids is 3. The van der Waals surface area contributed by atoms with Gasteiger partial charge in [-0.15, -0.1) is 0 Å². The molecule has 2 rings (SSSR count). The summed E-state index contributed by atoms with van der Waals surface area (Å²) in [7, 11) is -5.45. The van der Waals surface area contributed by atoms with Crippen molar-refractivity contribution < 1.29 is 78.1 Å². The van der Waals surface area contributed by atoms with Crippen LogP contribution in [0.4, 0.5) is 0 Å². The molecule has 0 aromatic heterocycles. The van der Waals surface area contributed by atoms with Gasteiger partial charge in [0.1, 0.15) is 36.8 Å². The first-order valence-corrected chi connectivity index (χ1v) is 24.7. The summed E-state index contributed by atoms with van der Waals surface area (Å²) in [5.74, 6) is -5.00. The topological polar surface area (TPSA) is 267 Å². The fourth-order valence-electron chi connectivity index (χ4n) is 7.80. The normalized spacial score (nSPS) is 32.2. The lowest BCUT2D eigenvalue weighted by atomic mass is 9.82. The molecule has 8 N–H and O–H groups in total. The van der Waals surface area contributed by atoms with E-state index in [4.69, 9.17) is 18.5 Å². The summed E-state index contributed by atoms with van der Waals surface area (Å²) in [6, 6.07) is 0. The number of aliphatic hydroxyl groups is 7. The fourth-order valence-corrected chi connectivity index (χ4v) is 8.77. The first-order chi connectivity index (χ1) is 29.6. The van der Waals surface area contributed by atoms with Crippen molar-refractivity contribution in [2.45, 2.75) is 216 Å². The van der Waals surface area contributed by atoms with Crippen LogP contribution in [-0.2, 0) is 37.5 Å². The van der Waals surface area contributed by atoms with Crippen LogP contribution in [0.3, 0.4) is 0 Å². The predicted molar refractivity (Wildman–Crippen MR) is 231 cm³/mol. The summed E-state index contributed by atoms with van der Waals surface area (Å²) in [4.78, 5) is 50.1. The summed E-state index contributed by atoms with van der Waals surface area (Å²) >= 11 is 0. The van der Waals surface area contributed by atoms with E-state index in [-0.39, 0.29) is 19.3 Å². The van der Waals surface area contributed by atoms with Crippen LogP contribution < -0.4 is 0 Å². The quantitative estimate of drug-likeness (QED) is 0.0328. The highest BCUT2D eigenvalue weighted by Crippen LogP contribution is 2.47. The van der Waals surface area contributed by atoms with Gasteiger partial charge < -0.3 is 50.1 Å². The van der Waals surface area contributed by atoms with Gasteiger partial charge in [0.05, 0.1) is 36.9 Å². The third-order valence-corrected chi connectivity index (χ3v) is 12.7. The number of ether oxygens (including phenoxy) is 2. The molecule has 0 aromatic rings. The summed E-state index contributed by atoms with van der Waals surface area (Å²) < 4.78 is 34.6. The Kier molecular flexibility index (Phi) is 28.7. The molecule has 1 aliphatic carbocycles. The number of Topliss-reactive ketones (excluding diaryl/α,β-unsaturated/α-hetero) is 1. The zero-order chi connectivity index (χ0) is 45.9. The van der Waals surface area contributed by atoms with Gasteiger partial charge in [-0.3, -0.25) is 23.4 Å². The van der Waals surface area contributed by atoms with Crippen LogP contribution in [0.1, 0.15) is 162 Å². The van der Waals surface area contributed by atoms with Gasteiger partial charge >= 0.3 is 19.8 Å². The molecule has 0 aromatic carbocycles. The molecule has 1 saturated heterocycles. The van der Waals surface area contributed by atoms with Crippen molar-refractivity contribution in [3.8, 4) is 0 Å². The molecule has 0 amide bonds. The Morgan fingerprint density at radius 3 is 2.08 bits per heavy atom. The van der Waals surface area contributed by atoms with Gasteiger partial charge in [0, 0.05) is 25.2 Å². The van der Waals surface area contributed by atoms with Gasteiger partial charge in [-0.05, 0) is 51.4 Å². The molecule has 1 unspecified atom stereocenters. The van der Waals surface area contributed by atoms with Crippen LogP contribution in [0, 0.1) is 11.8 Å². The second kappa shape index (κ2) is 31.7. The third kappa shape index (κ3) is 22.2. The molecule has 1 aliphatic heterocycles. The fraction of sp³-hybridized carbons (Fsp3) is 0.844. The van der Waals surface area contributed by atoms with E-state index >= 15 is 0 Å². The van der Waals surface area contributed by atoms with Crippen molar-refractivity contribution in [2.24, 2.45) is 11.8 Å². The van der Waals surface area contributed by atoms with E-state index in [0.29, 0.717) is 44.9 Å². The van der Waals surface area contributed by atoms with Crippen LogP contribution in [0.2, 0.25) is 0 Å². The highest BCUT2D eigenvalue weighted by molar-refractivity contribution is 7.47. The number of hydrogen-bond acceptors (Lipinski definition) is 15. The summed E-state index contributed by atoms with van der Waals surface area (Å²) in [5, 5.41) is 78.5. The largest absolute Gasteiger partial charge is 0.472 e. The average molecular weight is 907 g/mol. The third-order valence-electron chi connectivity index (χ3n) is 11.7. The highest BCUT2D eigenvalue weighted by atomic mass is 31.2. The van der Waals surface area contributed by atoms with E-state index in [1.807, 2.05) is 6.92 Å². The maximum absolute atomic E-state index is 13.7. The lowest BCUT2D eigenvalue weighted by Crippen LogP contribution is -2.55. The van der Waals surface area contributed by atoms with E-state index < -0.39 is 112 Å². The SMILES string of the molecule is CCCCCC/C=C\CCCCCCCC(=O)O[C@@H]1COC(=O)CCCCCC[C@@H]2[C@@H](O)[C@H](O)[C@@H](O)[C@H](OP(=O)(O)OC1)[C@H](O)[C@H](O)[C@@H](C=C[C@@H](O)CCCCC)C(=O)C[C@@H]2O. The Bertz CT molecular complexity index is 1360. The van der Waals surface area contributed by atoms with E-state index in [9.17, 15) is 59.6 Å². The van der Waals surface area contributed by atoms with Gasteiger partial charge in [0.25, 0.3) is 0 Å². The number of fused-ring (bicyclic) bond motifs is 4. The molecule has 1 saturated carbocycles. The van der Waals surface area contributed by atoms with Crippen molar-refractivity contribution in [1.29, 1.82) is 0 Å². The first kappa shape index (κ1) is 56.1. The van der Waals surface area contributed by atoms with Gasteiger partial charge in [0.2, 0.25) is 0 Å². The number of ketones is 1. The zero-order valence-corrected chi connectivity index (χ0v) is 38.0. The lowest BCUT2D eigenvalue weighted by Gasteiger charge is -2.37. The van der Waals surface area contributed by atoms with Gasteiger partial charge in [-0.1, -0.05) is 115 Å². The van der Waals surface area contributed by atoms with E-state index in [1.54, 1.807) is 0 Å². The van der Waals surface area contributed by atoms with E-state index in [0.717, 1.165) is 57.4 Å². The zero-order valence-electron chi connectivity index (χ0n) is 37.1. The van der Waals surface area contributed by atoms with Crippen molar-refractivity contribution in [3.05, 3.63) is 24.3 Å². The van der Waals surface area contributed by atoms with Crippen LogP contribution in [0.15, 0.2) is 24.3 Å². The number of cyclic esters (lactones) is 1. The van der Waals surface area contributed by atoms with Crippen LogP contribution in [0.25, 0.3) is 0 Å². The van der Waals surface area contributed by atoms with Crippen molar-refractivity contribution in [1.82, 2.24) is 0 Å². The molecular weight excluding hydrogens is 827 g/mol. The number of allylic oxidation sites excluding steroid dienone is 2. The van der Waals surface area contributed by atoms with E-state index in [2.05, 4.69) is 19.1 Å². The molecule has 0 radical (unpaired) electrons. The van der Waals surface area contributed by atoms with Gasteiger partial charge in [-0.25, -0.2) is 4.57 Å². The number of aliphatic hydroxyl groups excluding tert-OH is 7. The van der Waals surface area contributed by atoms with Crippen LogP contribution >= 0.6 is 7.82 Å². The Hall–Kier alpha value is -2.08. The predicted octanol–water partition coefficient (Wildman–Crippen LogP) is 5.42. The maximum Gasteiger partial charge on any atom is 0.472 e. The summed E-state index contributed by atoms with van der Waals surface area (Å²) in [6.45, 7) is 2.78. The second-order valence-corrected chi connectivity index (χ2v) is 18.4. The molecule has 16 nitrogen and oxygen atoms in total. The number of unbranched alkanes of at least 4 members (excludes halogenated alkanes) is 11. The Morgan fingerprint density at radius 2 is 1.39 bits per heavy atom. The number of phosphoric ester groups is 1. The summed E-state index contributed by atoms with van der Waals surface area (Å²) in [6.07, 6.45) is 4.38. The molecule has 17 heteroatoms. The molecule has 0 spiro atoms. The Labute approximate surface area is 368 Å². The lowest BCUT2D eigenvalue weighted by molar-refractivity contribution is -0.167. The molecule has 1 heterocycles. The minimum atomic E-state index is -5.45. The average Bonchev–Trinajstić information content (AvgIpc) is 3.23. The highest BCUT2D eigenvalue weighted by Gasteiger charge is 2.49. The molecule has 2 aliphatic rings. The smallest absolute Gasteiger partial charge is 0.462 e. The van der Waals surface area contributed by atoms with Crippen molar-refractivity contribution in [3.63, 3.8) is 0 Å². The molecule has 62 heavy (non-hydrogen) atoms. The van der Waals surface area contributed by atoms with Gasteiger partial charge in [0.15, 0.2) is 6.10 Å². The molecule has 360 valence electrons. The number of esters is 2. The minimum absolute atomic E-state index is 0.00390. The maximum atomic E-state index is 13.7.